The SMILES string of the molecule is CO[C@@H]1O[C@@H](C(=O)[O-])[C@@H](O[C@H]2O[C@H](COS(=O)(=O)[O-])[C@@H](O)[C@H](O)[C@H]2NS(=O)(=O)[O-])[C@H](O)[C@H]1OS(=O)(=O)[O-]. The average molecular weight is 605 g/mol. The number of rotatable bonds is 11. The number of carbonyl (C=O) groups excluding carboxylic acids is 1. The first-order valence-corrected chi connectivity index (χ1v) is 13.5. The largest absolute Gasteiger partial charge is 0.735 e. The van der Waals surface area contributed by atoms with E-state index in [9.17, 15) is 64.1 Å². The molecule has 4 N–H and O–H groups in total. The van der Waals surface area contributed by atoms with Gasteiger partial charge >= 0.3 is 0 Å². The molecule has 21 nitrogen and oxygen atoms in total. The number of hydrogen-bond donors (Lipinski definition) is 4. The number of aliphatic hydroxyl groups is 3. The van der Waals surface area contributed by atoms with E-state index in [1.165, 1.54) is 4.72 Å². The van der Waals surface area contributed by atoms with Gasteiger partial charge in [-0.1, -0.05) is 0 Å². The van der Waals surface area contributed by atoms with Crippen molar-refractivity contribution in [3.8, 4) is 0 Å². The molecule has 24 heteroatoms. The standard InChI is InChI=1S/C13H23NO20S3/c1-29-13-9(34-37(26,27)28)7(17)8(10(33-13)11(18)19)32-12-4(14-35(20,21)22)6(16)5(15)3(31-12)2-30-36(23,24)25/h3-10,12-17H,2H2,1H3,(H,18,19)(H,20,21,22)(H,23,24,25)(H,26,27,28)/p-4/t3-,4-,5-,6-,7+,8+,9-,10-,12-,13-/m1/s1. The molecule has 218 valence electrons. The lowest BCUT2D eigenvalue weighted by molar-refractivity contribution is -0.364. The quantitative estimate of drug-likeness (QED) is 0.125. The first kappa shape index (κ1) is 32.0. The van der Waals surface area contributed by atoms with Crippen LogP contribution in [0.4, 0.5) is 0 Å². The molecule has 2 fully saturated rings. The summed E-state index contributed by atoms with van der Waals surface area (Å²) in [5.41, 5.74) is 0. The molecular formula is C13H19NO20S3-4. The number of methoxy groups -OCH3 is 1. The van der Waals surface area contributed by atoms with Gasteiger partial charge in [0.25, 0.3) is 0 Å². The highest BCUT2D eigenvalue weighted by Crippen LogP contribution is 2.31. The van der Waals surface area contributed by atoms with Crippen LogP contribution < -0.4 is 9.83 Å². The molecule has 2 aliphatic rings. The minimum absolute atomic E-state index is 0.828. The van der Waals surface area contributed by atoms with Crippen molar-refractivity contribution in [3.05, 3.63) is 0 Å². The van der Waals surface area contributed by atoms with E-state index < -0.39 is 105 Å². The van der Waals surface area contributed by atoms with E-state index in [2.05, 4.69) is 13.1 Å². The normalized spacial score (nSPS) is 37.8. The molecule has 0 aliphatic carbocycles. The van der Waals surface area contributed by atoms with E-state index in [-0.39, 0.29) is 0 Å². The zero-order chi connectivity index (χ0) is 28.5. The molecule has 2 saturated heterocycles. The minimum Gasteiger partial charge on any atom is -0.735 e. The molecule has 0 aromatic carbocycles. The van der Waals surface area contributed by atoms with Crippen molar-refractivity contribution >= 4 is 37.1 Å². The number of carbonyl (C=O) groups is 1. The molecule has 2 rings (SSSR count). The van der Waals surface area contributed by atoms with Crippen LogP contribution in [0, 0.1) is 0 Å². The van der Waals surface area contributed by atoms with Crippen molar-refractivity contribution in [2.45, 2.75) is 61.3 Å². The van der Waals surface area contributed by atoms with Gasteiger partial charge in [-0.05, 0) is 0 Å². The van der Waals surface area contributed by atoms with E-state index in [1.807, 2.05) is 0 Å². The smallest absolute Gasteiger partial charge is 0.218 e. The van der Waals surface area contributed by atoms with Gasteiger partial charge in [0.15, 0.2) is 29.0 Å². The molecule has 0 radical (unpaired) electrons. The van der Waals surface area contributed by atoms with Gasteiger partial charge in [0.1, 0.15) is 42.7 Å². The van der Waals surface area contributed by atoms with Crippen LogP contribution in [0.5, 0.6) is 0 Å². The summed E-state index contributed by atoms with van der Waals surface area (Å²) in [6, 6.07) is -2.31. The van der Waals surface area contributed by atoms with Gasteiger partial charge in [0.05, 0.1) is 12.6 Å². The van der Waals surface area contributed by atoms with Crippen LogP contribution in [-0.4, -0.2) is 135 Å². The van der Waals surface area contributed by atoms with Gasteiger partial charge in [-0.15, -0.1) is 0 Å². The molecule has 0 aromatic rings. The highest BCUT2D eigenvalue weighted by atomic mass is 32.3. The Morgan fingerprint density at radius 2 is 1.49 bits per heavy atom. The van der Waals surface area contributed by atoms with Crippen LogP contribution in [-0.2, 0) is 63.2 Å². The number of hydrogen-bond acceptors (Lipinski definition) is 20. The van der Waals surface area contributed by atoms with E-state index in [4.69, 9.17) is 14.2 Å². The first-order valence-electron chi connectivity index (χ1n) is 9.46. The molecule has 2 aliphatic heterocycles. The fourth-order valence-corrected chi connectivity index (χ4v) is 4.74. The number of carboxylic acids is 1. The number of ether oxygens (including phenoxy) is 4. The zero-order valence-corrected chi connectivity index (χ0v) is 20.4. The number of carboxylic acid groups (broad SMARTS) is 1. The fraction of sp³-hybridized carbons (Fsp3) is 0.923. The molecular weight excluding hydrogens is 586 g/mol. The maximum Gasteiger partial charge on any atom is 0.218 e. The van der Waals surface area contributed by atoms with Crippen LogP contribution in [0.3, 0.4) is 0 Å². The van der Waals surface area contributed by atoms with Crippen molar-refractivity contribution < 1.29 is 91.4 Å². The zero-order valence-electron chi connectivity index (χ0n) is 18.0. The predicted molar refractivity (Wildman–Crippen MR) is 99.1 cm³/mol. The fourth-order valence-electron chi connectivity index (χ4n) is 3.38. The average Bonchev–Trinajstić information content (AvgIpc) is 2.72. The molecule has 0 amide bonds. The van der Waals surface area contributed by atoms with Crippen LogP contribution in [0.25, 0.3) is 0 Å². The molecule has 0 spiro atoms. The summed E-state index contributed by atoms with van der Waals surface area (Å²) in [6.07, 6.45) is -20.8. The lowest BCUT2D eigenvalue weighted by atomic mass is 9.96. The van der Waals surface area contributed by atoms with E-state index in [0.717, 1.165) is 7.11 Å². The number of aliphatic carboxylic acids is 1. The van der Waals surface area contributed by atoms with Gasteiger partial charge in [-0.25, -0.2) is 30.0 Å². The topological polar surface area (TPSA) is 340 Å². The summed E-state index contributed by atoms with van der Waals surface area (Å²) >= 11 is 0. The predicted octanol–water partition coefficient (Wildman–Crippen LogP) is -7.96. The monoisotopic (exact) mass is 605 g/mol. The van der Waals surface area contributed by atoms with Crippen LogP contribution in [0.2, 0.25) is 0 Å². The van der Waals surface area contributed by atoms with Crippen molar-refractivity contribution in [1.29, 1.82) is 0 Å². The molecule has 2 heterocycles. The first-order chi connectivity index (χ1) is 16.7. The Bertz CT molecular complexity index is 1120. The summed E-state index contributed by atoms with van der Waals surface area (Å²) in [4.78, 5) is 11.6. The van der Waals surface area contributed by atoms with Gasteiger partial charge in [-0.3, -0.25) is 8.37 Å². The summed E-state index contributed by atoms with van der Waals surface area (Å²) in [6.45, 7) is -1.32. The van der Waals surface area contributed by atoms with Gasteiger partial charge in [0, 0.05) is 7.11 Å². The Balaban J connectivity index is 2.45. The second-order valence-corrected chi connectivity index (χ2v) is 10.6. The Kier molecular flexibility index (Phi) is 10.3. The van der Waals surface area contributed by atoms with Gasteiger partial charge < -0.3 is 57.8 Å². The van der Waals surface area contributed by atoms with E-state index in [0.29, 0.717) is 0 Å². The molecule has 0 saturated carbocycles. The molecule has 0 aromatic heterocycles. The van der Waals surface area contributed by atoms with Crippen molar-refractivity contribution in [1.82, 2.24) is 4.72 Å². The highest BCUT2D eigenvalue weighted by Gasteiger charge is 2.53. The Labute approximate surface area is 208 Å². The van der Waals surface area contributed by atoms with E-state index in [1.54, 1.807) is 0 Å². The second kappa shape index (κ2) is 11.9. The summed E-state index contributed by atoms with van der Waals surface area (Å²) < 4.78 is 128. The second-order valence-electron chi connectivity index (χ2n) is 7.35. The molecule has 10 atom stereocenters. The van der Waals surface area contributed by atoms with Crippen molar-refractivity contribution in [2.24, 2.45) is 0 Å². The number of nitrogens with one attached hydrogen (secondary N) is 1. The third kappa shape index (κ3) is 8.92. The Morgan fingerprint density at radius 3 is 1.95 bits per heavy atom. The third-order valence-electron chi connectivity index (χ3n) is 4.86. The van der Waals surface area contributed by atoms with E-state index >= 15 is 0 Å². The summed E-state index contributed by atoms with van der Waals surface area (Å²) in [5, 5.41) is 42.5. The van der Waals surface area contributed by atoms with Crippen molar-refractivity contribution in [3.63, 3.8) is 0 Å². The Hall–Kier alpha value is -1.20. The maximum absolute atomic E-state index is 11.6. The summed E-state index contributed by atoms with van der Waals surface area (Å²) in [7, 11) is -15.7. The Morgan fingerprint density at radius 1 is 0.892 bits per heavy atom. The maximum atomic E-state index is 11.6. The van der Waals surface area contributed by atoms with Gasteiger partial charge in [-0.2, -0.15) is 0 Å². The lowest BCUT2D eigenvalue weighted by Crippen LogP contribution is -2.69. The van der Waals surface area contributed by atoms with Gasteiger partial charge in [0.2, 0.25) is 20.8 Å². The van der Waals surface area contributed by atoms with Crippen LogP contribution in [0.1, 0.15) is 0 Å². The highest BCUT2D eigenvalue weighted by molar-refractivity contribution is 7.83. The van der Waals surface area contributed by atoms with Crippen LogP contribution >= 0.6 is 0 Å². The molecule has 37 heavy (non-hydrogen) atoms. The minimum atomic E-state index is -5.60. The van der Waals surface area contributed by atoms with Crippen LogP contribution in [0.15, 0.2) is 0 Å². The number of aliphatic hydroxyl groups excluding tert-OH is 3. The third-order valence-corrected chi connectivity index (χ3v) is 6.31. The molecule has 0 bridgehead atoms. The molecule has 0 unspecified atom stereocenters. The lowest BCUT2D eigenvalue weighted by Gasteiger charge is -2.48. The summed E-state index contributed by atoms with van der Waals surface area (Å²) in [5.74, 6) is -2.16. The van der Waals surface area contributed by atoms with Crippen molar-refractivity contribution in [2.75, 3.05) is 13.7 Å².